The summed E-state index contributed by atoms with van der Waals surface area (Å²) in [5.41, 5.74) is 0.925. The van der Waals surface area contributed by atoms with Crippen molar-refractivity contribution in [3.05, 3.63) is 65.5 Å². The van der Waals surface area contributed by atoms with Crippen LogP contribution in [0.1, 0.15) is 15.9 Å². The maximum Gasteiger partial charge on any atom is 0.253 e. The van der Waals surface area contributed by atoms with Crippen LogP contribution in [0.25, 0.3) is 0 Å². The Morgan fingerprint density at radius 2 is 1.79 bits per heavy atom. The van der Waals surface area contributed by atoms with Gasteiger partial charge in [-0.1, -0.05) is 18.2 Å². The Labute approximate surface area is 110 Å². The molecule has 0 saturated carbocycles. The fraction of sp³-hybridized carbons (Fsp3) is 0.133. The van der Waals surface area contributed by atoms with Gasteiger partial charge in [0.15, 0.2) is 0 Å². The summed E-state index contributed by atoms with van der Waals surface area (Å²) in [7, 11) is 1.61. The number of carbonyl (C=O) groups excluding carboxylic acids is 1. The highest BCUT2D eigenvalue weighted by atomic mass is 19.1. The summed E-state index contributed by atoms with van der Waals surface area (Å²) in [4.78, 5) is 13.5. The van der Waals surface area contributed by atoms with E-state index in [1.54, 1.807) is 25.2 Å². The van der Waals surface area contributed by atoms with Crippen LogP contribution in [0.5, 0.6) is 5.75 Å². The fourth-order valence-corrected chi connectivity index (χ4v) is 1.78. The van der Waals surface area contributed by atoms with Crippen molar-refractivity contribution in [1.82, 2.24) is 4.90 Å². The molecule has 0 heterocycles. The zero-order valence-electron chi connectivity index (χ0n) is 10.5. The minimum atomic E-state index is -0.326. The van der Waals surface area contributed by atoms with Crippen LogP contribution in [-0.2, 0) is 6.54 Å². The molecule has 19 heavy (non-hydrogen) atoms. The van der Waals surface area contributed by atoms with Crippen LogP contribution in [0.4, 0.5) is 4.39 Å². The van der Waals surface area contributed by atoms with Crippen molar-refractivity contribution in [3.8, 4) is 5.75 Å². The minimum absolute atomic E-state index is 0.105. The lowest BCUT2D eigenvalue weighted by molar-refractivity contribution is 0.0784. The number of carbonyl (C=O) groups is 1. The number of nitrogens with zero attached hydrogens (tertiary/aromatic N) is 1. The van der Waals surface area contributed by atoms with Crippen LogP contribution < -0.4 is 0 Å². The van der Waals surface area contributed by atoms with Gasteiger partial charge in [-0.05, 0) is 30.3 Å². The van der Waals surface area contributed by atoms with Crippen molar-refractivity contribution < 1.29 is 14.3 Å². The predicted octanol–water partition coefficient (Wildman–Crippen LogP) is 2.80. The summed E-state index contributed by atoms with van der Waals surface area (Å²) in [6.07, 6.45) is 0. The van der Waals surface area contributed by atoms with Gasteiger partial charge in [-0.3, -0.25) is 4.79 Å². The van der Waals surface area contributed by atoms with Crippen molar-refractivity contribution in [2.24, 2.45) is 0 Å². The molecule has 0 saturated heterocycles. The molecule has 98 valence electrons. The molecular weight excluding hydrogens is 245 g/mol. The average molecular weight is 259 g/mol. The third-order valence-electron chi connectivity index (χ3n) is 2.83. The second kappa shape index (κ2) is 5.52. The van der Waals surface area contributed by atoms with Crippen LogP contribution in [0.3, 0.4) is 0 Å². The van der Waals surface area contributed by atoms with Gasteiger partial charge in [-0.25, -0.2) is 4.39 Å². The normalized spacial score (nSPS) is 10.2. The van der Waals surface area contributed by atoms with E-state index in [-0.39, 0.29) is 24.0 Å². The Morgan fingerprint density at radius 1 is 1.16 bits per heavy atom. The Bertz CT molecular complexity index is 581. The second-order valence-electron chi connectivity index (χ2n) is 4.30. The van der Waals surface area contributed by atoms with E-state index in [1.165, 1.54) is 35.2 Å². The first kappa shape index (κ1) is 13.1. The van der Waals surface area contributed by atoms with Gasteiger partial charge in [0.25, 0.3) is 5.91 Å². The van der Waals surface area contributed by atoms with Gasteiger partial charge in [-0.2, -0.15) is 0 Å². The number of hydrogen-bond acceptors (Lipinski definition) is 2. The fourth-order valence-electron chi connectivity index (χ4n) is 1.78. The van der Waals surface area contributed by atoms with Gasteiger partial charge in [0.1, 0.15) is 11.6 Å². The number of aromatic hydroxyl groups is 1. The number of phenols is 1. The minimum Gasteiger partial charge on any atom is -0.508 e. The number of rotatable bonds is 3. The standard InChI is InChI=1S/C15H14FNO2/c1-17(10-12-4-2-3-5-14(12)16)15(19)11-6-8-13(18)9-7-11/h2-9,18H,10H2,1H3. The van der Waals surface area contributed by atoms with Crippen molar-refractivity contribution >= 4 is 5.91 Å². The largest absolute Gasteiger partial charge is 0.508 e. The van der Waals surface area contributed by atoms with E-state index in [0.717, 1.165) is 0 Å². The molecule has 1 N–H and O–H groups in total. The van der Waals surface area contributed by atoms with E-state index in [9.17, 15) is 14.3 Å². The highest BCUT2D eigenvalue weighted by molar-refractivity contribution is 5.94. The lowest BCUT2D eigenvalue weighted by atomic mass is 10.1. The number of halogens is 1. The van der Waals surface area contributed by atoms with E-state index in [1.807, 2.05) is 0 Å². The molecule has 0 bridgehead atoms. The van der Waals surface area contributed by atoms with E-state index in [2.05, 4.69) is 0 Å². The quantitative estimate of drug-likeness (QED) is 0.920. The van der Waals surface area contributed by atoms with E-state index in [0.29, 0.717) is 11.1 Å². The average Bonchev–Trinajstić information content (AvgIpc) is 2.41. The molecule has 0 unspecified atom stereocenters. The summed E-state index contributed by atoms with van der Waals surface area (Å²) in [5, 5.41) is 9.17. The maximum atomic E-state index is 13.5. The topological polar surface area (TPSA) is 40.5 Å². The van der Waals surface area contributed by atoms with Crippen molar-refractivity contribution in [2.45, 2.75) is 6.54 Å². The number of amides is 1. The summed E-state index contributed by atoms with van der Waals surface area (Å²) >= 11 is 0. The molecule has 0 fully saturated rings. The van der Waals surface area contributed by atoms with Crippen molar-refractivity contribution in [3.63, 3.8) is 0 Å². The van der Waals surface area contributed by atoms with Crippen molar-refractivity contribution in [2.75, 3.05) is 7.05 Å². The molecular formula is C15H14FNO2. The molecule has 2 aromatic carbocycles. The van der Waals surface area contributed by atoms with Crippen LogP contribution in [-0.4, -0.2) is 23.0 Å². The molecule has 1 amide bonds. The number of hydrogen-bond donors (Lipinski definition) is 1. The Morgan fingerprint density at radius 3 is 2.42 bits per heavy atom. The first-order valence-corrected chi connectivity index (χ1v) is 5.86. The smallest absolute Gasteiger partial charge is 0.253 e. The molecule has 0 aliphatic rings. The van der Waals surface area contributed by atoms with Gasteiger partial charge in [0, 0.05) is 24.7 Å². The van der Waals surface area contributed by atoms with Gasteiger partial charge < -0.3 is 10.0 Å². The highest BCUT2D eigenvalue weighted by Crippen LogP contribution is 2.14. The van der Waals surface area contributed by atoms with Gasteiger partial charge >= 0.3 is 0 Å². The lowest BCUT2D eigenvalue weighted by Crippen LogP contribution is -2.26. The van der Waals surface area contributed by atoms with Gasteiger partial charge in [-0.15, -0.1) is 0 Å². The lowest BCUT2D eigenvalue weighted by Gasteiger charge is -2.17. The van der Waals surface area contributed by atoms with Crippen LogP contribution in [0.15, 0.2) is 48.5 Å². The molecule has 0 aromatic heterocycles. The molecule has 0 radical (unpaired) electrons. The van der Waals surface area contributed by atoms with Gasteiger partial charge in [0.05, 0.1) is 0 Å². The molecule has 2 rings (SSSR count). The molecule has 3 nitrogen and oxygen atoms in total. The van der Waals surface area contributed by atoms with Crippen LogP contribution in [0.2, 0.25) is 0 Å². The zero-order valence-corrected chi connectivity index (χ0v) is 10.5. The third-order valence-corrected chi connectivity index (χ3v) is 2.83. The Hall–Kier alpha value is -2.36. The molecule has 0 spiro atoms. The number of benzene rings is 2. The molecule has 0 atom stereocenters. The summed E-state index contributed by atoms with van der Waals surface area (Å²) in [6, 6.07) is 12.3. The third kappa shape index (κ3) is 3.10. The van der Waals surface area contributed by atoms with Crippen LogP contribution in [0, 0.1) is 5.82 Å². The first-order chi connectivity index (χ1) is 9.08. The van der Waals surface area contributed by atoms with Crippen molar-refractivity contribution in [1.29, 1.82) is 0 Å². The zero-order chi connectivity index (χ0) is 13.8. The highest BCUT2D eigenvalue weighted by Gasteiger charge is 2.13. The van der Waals surface area contributed by atoms with E-state index >= 15 is 0 Å². The second-order valence-corrected chi connectivity index (χ2v) is 4.30. The molecule has 2 aromatic rings. The molecule has 4 heteroatoms. The Kier molecular flexibility index (Phi) is 3.80. The Balaban J connectivity index is 2.12. The van der Waals surface area contributed by atoms with E-state index < -0.39 is 0 Å². The summed E-state index contributed by atoms with van der Waals surface area (Å²) < 4.78 is 13.5. The van der Waals surface area contributed by atoms with Crippen LogP contribution >= 0.6 is 0 Å². The van der Waals surface area contributed by atoms with E-state index in [4.69, 9.17) is 0 Å². The predicted molar refractivity (Wildman–Crippen MR) is 70.3 cm³/mol. The monoisotopic (exact) mass is 259 g/mol. The number of phenolic OH excluding ortho intramolecular Hbond substituents is 1. The first-order valence-electron chi connectivity index (χ1n) is 5.86. The molecule has 0 aliphatic carbocycles. The summed E-state index contributed by atoms with van der Waals surface area (Å²) in [6.45, 7) is 0.201. The SMILES string of the molecule is CN(Cc1ccccc1F)C(=O)c1ccc(O)cc1. The maximum absolute atomic E-state index is 13.5. The molecule has 0 aliphatic heterocycles. The summed E-state index contributed by atoms with van der Waals surface area (Å²) in [5.74, 6) is -0.440. The van der Waals surface area contributed by atoms with Gasteiger partial charge in [0.2, 0.25) is 0 Å².